The molecule has 24 heavy (non-hydrogen) atoms. The number of amides is 1. The predicted molar refractivity (Wildman–Crippen MR) is 97.4 cm³/mol. The molecule has 4 rings (SSSR count). The largest absolute Gasteiger partial charge is 0.336 e. The summed E-state index contributed by atoms with van der Waals surface area (Å²) in [5, 5.41) is 2.86. The maximum absolute atomic E-state index is 12.9. The van der Waals surface area contributed by atoms with E-state index in [0.717, 1.165) is 36.6 Å². The molecule has 0 aliphatic carbocycles. The molecule has 0 saturated carbocycles. The number of thiazole rings is 1. The zero-order valence-corrected chi connectivity index (χ0v) is 14.9. The summed E-state index contributed by atoms with van der Waals surface area (Å²) in [4.78, 5) is 22.1. The summed E-state index contributed by atoms with van der Waals surface area (Å²) in [6, 6.07) is 8.76. The average molecular weight is 341 g/mol. The van der Waals surface area contributed by atoms with E-state index in [4.69, 9.17) is 0 Å². The second-order valence-electron chi connectivity index (χ2n) is 6.79. The summed E-state index contributed by atoms with van der Waals surface area (Å²) in [6.45, 7) is 6.11. The zero-order valence-electron chi connectivity index (χ0n) is 14.1. The van der Waals surface area contributed by atoms with Crippen molar-refractivity contribution in [1.82, 2.24) is 14.8 Å². The maximum atomic E-state index is 12.9. The van der Waals surface area contributed by atoms with Crippen molar-refractivity contribution in [2.24, 2.45) is 0 Å². The molecular formula is C19H23N3OS. The summed E-state index contributed by atoms with van der Waals surface area (Å²) < 4.78 is 0. The van der Waals surface area contributed by atoms with Crippen LogP contribution in [0.2, 0.25) is 0 Å². The van der Waals surface area contributed by atoms with Crippen LogP contribution >= 0.6 is 11.3 Å². The van der Waals surface area contributed by atoms with Crippen LogP contribution in [-0.4, -0.2) is 52.9 Å². The molecule has 1 aromatic heterocycles. The molecular weight excluding hydrogens is 318 g/mol. The van der Waals surface area contributed by atoms with Gasteiger partial charge in [0, 0.05) is 36.6 Å². The Morgan fingerprint density at radius 3 is 2.92 bits per heavy atom. The van der Waals surface area contributed by atoms with E-state index in [1.165, 1.54) is 24.9 Å². The molecule has 3 heterocycles. The van der Waals surface area contributed by atoms with Crippen molar-refractivity contribution < 1.29 is 4.79 Å². The number of nitrogens with zero attached hydrogens (tertiary/aromatic N) is 3. The van der Waals surface area contributed by atoms with Crippen LogP contribution < -0.4 is 0 Å². The molecule has 5 heteroatoms. The van der Waals surface area contributed by atoms with Crippen LogP contribution in [0.5, 0.6) is 0 Å². The summed E-state index contributed by atoms with van der Waals surface area (Å²) in [6.07, 6.45) is 3.55. The van der Waals surface area contributed by atoms with E-state index in [1.807, 2.05) is 22.4 Å². The first kappa shape index (κ1) is 15.8. The van der Waals surface area contributed by atoms with Crippen LogP contribution in [-0.2, 0) is 0 Å². The molecule has 2 aromatic rings. The highest BCUT2D eigenvalue weighted by Gasteiger charge is 2.31. The minimum absolute atomic E-state index is 0.0971. The number of fused-ring (bicyclic) bond motifs is 1. The predicted octanol–water partition coefficient (Wildman–Crippen LogP) is 3.43. The lowest BCUT2D eigenvalue weighted by molar-refractivity contribution is 0.0738. The van der Waals surface area contributed by atoms with E-state index in [1.54, 1.807) is 11.3 Å². The van der Waals surface area contributed by atoms with Gasteiger partial charge in [0.1, 0.15) is 10.7 Å². The molecule has 0 unspecified atom stereocenters. The van der Waals surface area contributed by atoms with Crippen molar-refractivity contribution in [2.45, 2.75) is 32.2 Å². The molecule has 2 aliphatic rings. The molecule has 2 saturated heterocycles. The summed E-state index contributed by atoms with van der Waals surface area (Å²) in [5.41, 5.74) is 2.92. The van der Waals surface area contributed by atoms with Gasteiger partial charge in [-0.05, 0) is 38.3 Å². The second kappa shape index (κ2) is 6.65. The Bertz CT molecular complexity index is 742. The number of carbonyl (C=O) groups is 1. The van der Waals surface area contributed by atoms with Crippen LogP contribution in [0.4, 0.5) is 0 Å². The minimum Gasteiger partial charge on any atom is -0.336 e. The Morgan fingerprint density at radius 2 is 2.04 bits per heavy atom. The lowest BCUT2D eigenvalue weighted by atomic mass is 10.1. The normalized spacial score (nSPS) is 21.5. The van der Waals surface area contributed by atoms with Gasteiger partial charge in [0.25, 0.3) is 5.91 Å². The Morgan fingerprint density at radius 1 is 1.21 bits per heavy atom. The van der Waals surface area contributed by atoms with Crippen LogP contribution in [0, 0.1) is 6.92 Å². The zero-order chi connectivity index (χ0) is 16.5. The molecule has 0 N–H and O–H groups in total. The van der Waals surface area contributed by atoms with Gasteiger partial charge < -0.3 is 4.90 Å². The van der Waals surface area contributed by atoms with Gasteiger partial charge >= 0.3 is 0 Å². The van der Waals surface area contributed by atoms with Gasteiger partial charge in [0.05, 0.1) is 0 Å². The van der Waals surface area contributed by atoms with Crippen molar-refractivity contribution >= 4 is 17.2 Å². The van der Waals surface area contributed by atoms with E-state index >= 15 is 0 Å². The molecule has 2 aliphatic heterocycles. The first-order valence-corrected chi connectivity index (χ1v) is 9.65. The first-order chi connectivity index (χ1) is 11.7. The van der Waals surface area contributed by atoms with E-state index in [9.17, 15) is 4.79 Å². The van der Waals surface area contributed by atoms with Crippen LogP contribution in [0.25, 0.3) is 10.6 Å². The number of aromatic nitrogens is 1. The van der Waals surface area contributed by atoms with Crippen LogP contribution in [0.3, 0.4) is 0 Å². The summed E-state index contributed by atoms with van der Waals surface area (Å²) >= 11 is 1.56. The molecule has 1 aromatic carbocycles. The summed E-state index contributed by atoms with van der Waals surface area (Å²) in [5.74, 6) is 0.0971. The van der Waals surface area contributed by atoms with Crippen molar-refractivity contribution in [3.8, 4) is 10.6 Å². The molecule has 0 radical (unpaired) electrons. The second-order valence-corrected chi connectivity index (χ2v) is 7.65. The highest BCUT2D eigenvalue weighted by molar-refractivity contribution is 7.13. The Kier molecular flexibility index (Phi) is 4.37. The lowest BCUT2D eigenvalue weighted by Gasteiger charge is -2.25. The fourth-order valence-corrected chi connectivity index (χ4v) is 4.75. The third-order valence-corrected chi connectivity index (χ3v) is 6.07. The average Bonchev–Trinajstić information content (AvgIpc) is 3.20. The van der Waals surface area contributed by atoms with Gasteiger partial charge in [-0.2, -0.15) is 0 Å². The van der Waals surface area contributed by atoms with Gasteiger partial charge in [-0.3, -0.25) is 9.69 Å². The highest BCUT2D eigenvalue weighted by atomic mass is 32.1. The molecule has 0 bridgehead atoms. The van der Waals surface area contributed by atoms with Crippen LogP contribution in [0.15, 0.2) is 29.6 Å². The Balaban J connectivity index is 1.53. The number of rotatable bonds is 2. The van der Waals surface area contributed by atoms with E-state index < -0.39 is 0 Å². The number of hydrogen-bond donors (Lipinski definition) is 0. The van der Waals surface area contributed by atoms with E-state index in [-0.39, 0.29) is 5.91 Å². The van der Waals surface area contributed by atoms with Crippen molar-refractivity contribution in [1.29, 1.82) is 0 Å². The van der Waals surface area contributed by atoms with Gasteiger partial charge in [-0.25, -0.2) is 4.98 Å². The smallest absolute Gasteiger partial charge is 0.273 e. The molecule has 126 valence electrons. The monoisotopic (exact) mass is 341 g/mol. The quantitative estimate of drug-likeness (QED) is 0.840. The molecule has 4 nitrogen and oxygen atoms in total. The van der Waals surface area contributed by atoms with E-state index in [0.29, 0.717) is 11.7 Å². The highest BCUT2D eigenvalue weighted by Crippen LogP contribution is 2.28. The van der Waals surface area contributed by atoms with E-state index in [2.05, 4.69) is 28.9 Å². The standard InChI is InChI=1S/C19H23N3OS/c1-14-6-2-3-8-16(14)18-20-17(13-24-18)19(23)22-11-5-10-21-9-4-7-15(21)12-22/h2-3,6,8,13,15H,4-5,7,9-12H2,1H3/t15-/m0/s1. The number of benzene rings is 1. The van der Waals surface area contributed by atoms with Gasteiger partial charge in [0.2, 0.25) is 0 Å². The minimum atomic E-state index is 0.0971. The number of aryl methyl sites for hydroxylation is 1. The van der Waals surface area contributed by atoms with Crippen molar-refractivity contribution in [2.75, 3.05) is 26.2 Å². The maximum Gasteiger partial charge on any atom is 0.273 e. The number of hydrogen-bond acceptors (Lipinski definition) is 4. The van der Waals surface area contributed by atoms with Gasteiger partial charge in [-0.1, -0.05) is 24.3 Å². The molecule has 1 atom stereocenters. The number of carbonyl (C=O) groups excluding carboxylic acids is 1. The van der Waals surface area contributed by atoms with Gasteiger partial charge in [0.15, 0.2) is 0 Å². The lowest BCUT2D eigenvalue weighted by Crippen LogP contribution is -2.39. The SMILES string of the molecule is Cc1ccccc1-c1nc(C(=O)N2CCCN3CCC[C@H]3C2)cs1. The molecule has 1 amide bonds. The Hall–Kier alpha value is -1.72. The summed E-state index contributed by atoms with van der Waals surface area (Å²) in [7, 11) is 0. The molecule has 0 spiro atoms. The van der Waals surface area contributed by atoms with Gasteiger partial charge in [-0.15, -0.1) is 11.3 Å². The fraction of sp³-hybridized carbons (Fsp3) is 0.474. The third kappa shape index (κ3) is 2.98. The van der Waals surface area contributed by atoms with Crippen molar-refractivity contribution in [3.63, 3.8) is 0 Å². The third-order valence-electron chi connectivity index (χ3n) is 5.19. The molecule has 2 fully saturated rings. The van der Waals surface area contributed by atoms with Crippen molar-refractivity contribution in [3.05, 3.63) is 40.9 Å². The van der Waals surface area contributed by atoms with Crippen LogP contribution in [0.1, 0.15) is 35.3 Å². The fourth-order valence-electron chi connectivity index (χ4n) is 3.86. The first-order valence-electron chi connectivity index (χ1n) is 8.77. The topological polar surface area (TPSA) is 36.4 Å². The Labute approximate surface area is 147 Å².